The Balaban J connectivity index is 1.54. The summed E-state index contributed by atoms with van der Waals surface area (Å²) in [5, 5.41) is 0. The third-order valence-corrected chi connectivity index (χ3v) is 4.88. The minimum Gasteiger partial charge on any atom is -0.336 e. The van der Waals surface area contributed by atoms with E-state index in [2.05, 4.69) is 4.98 Å². The van der Waals surface area contributed by atoms with Gasteiger partial charge >= 0.3 is 0 Å². The predicted molar refractivity (Wildman–Crippen MR) is 117 cm³/mol. The Bertz CT molecular complexity index is 959. The first kappa shape index (κ1) is 21.2. The van der Waals surface area contributed by atoms with Crippen LogP contribution in [-0.2, 0) is 9.59 Å². The van der Waals surface area contributed by atoms with E-state index in [0.717, 1.165) is 0 Å². The number of rotatable bonds is 6. The van der Waals surface area contributed by atoms with Gasteiger partial charge in [0.2, 0.25) is 5.91 Å². The minimum absolute atomic E-state index is 0.00568. The van der Waals surface area contributed by atoms with Gasteiger partial charge in [0.1, 0.15) is 0 Å². The zero-order chi connectivity index (χ0) is 21.3. The molecular formula is C24H25N3O3. The van der Waals surface area contributed by atoms with Gasteiger partial charge in [-0.1, -0.05) is 31.2 Å². The Kier molecular flexibility index (Phi) is 7.27. The molecular weight excluding hydrogens is 378 g/mol. The molecule has 2 amide bonds. The number of ketones is 1. The fraction of sp³-hybridized carbons (Fsp3) is 0.250. The maximum absolute atomic E-state index is 12.5. The van der Waals surface area contributed by atoms with Crippen molar-refractivity contribution in [2.45, 2.75) is 13.3 Å². The average molecular weight is 403 g/mol. The third-order valence-electron chi connectivity index (χ3n) is 4.88. The van der Waals surface area contributed by atoms with Gasteiger partial charge in [-0.25, -0.2) is 4.98 Å². The van der Waals surface area contributed by atoms with Crippen molar-refractivity contribution in [3.05, 3.63) is 77.6 Å². The van der Waals surface area contributed by atoms with Gasteiger partial charge in [0, 0.05) is 44.2 Å². The van der Waals surface area contributed by atoms with Gasteiger partial charge < -0.3 is 9.80 Å². The number of benzene rings is 1. The molecule has 1 aliphatic rings. The zero-order valence-corrected chi connectivity index (χ0v) is 17.0. The SMILES string of the molecule is CCC(=O)/C=C/c1cccc(/C=C/C(=O)N2CCN(C(=O)c3ccccc3)CC2)n1. The minimum atomic E-state index is -0.106. The highest BCUT2D eigenvalue weighted by Gasteiger charge is 2.23. The Labute approximate surface area is 176 Å². The summed E-state index contributed by atoms with van der Waals surface area (Å²) in [4.78, 5) is 44.3. The van der Waals surface area contributed by atoms with E-state index in [9.17, 15) is 14.4 Å². The summed E-state index contributed by atoms with van der Waals surface area (Å²) >= 11 is 0. The van der Waals surface area contributed by atoms with Crippen molar-refractivity contribution in [1.82, 2.24) is 14.8 Å². The van der Waals surface area contributed by atoms with E-state index >= 15 is 0 Å². The van der Waals surface area contributed by atoms with Crippen molar-refractivity contribution in [3.8, 4) is 0 Å². The van der Waals surface area contributed by atoms with Crippen LogP contribution in [0.4, 0.5) is 0 Å². The molecule has 6 heteroatoms. The number of hydrogen-bond donors (Lipinski definition) is 0. The molecule has 0 unspecified atom stereocenters. The van der Waals surface area contributed by atoms with Crippen molar-refractivity contribution in [2.24, 2.45) is 0 Å². The summed E-state index contributed by atoms with van der Waals surface area (Å²) in [6.45, 7) is 3.82. The highest BCUT2D eigenvalue weighted by Crippen LogP contribution is 2.10. The fourth-order valence-electron chi connectivity index (χ4n) is 3.11. The standard InChI is InChI=1S/C24H25N3O3/c1-2-22(28)13-11-20-9-6-10-21(25-20)12-14-23(29)26-15-17-27(18-16-26)24(30)19-7-4-3-5-8-19/h3-14H,2,15-18H2,1H3/b13-11+,14-12+. The summed E-state index contributed by atoms with van der Waals surface area (Å²) in [7, 11) is 0. The third kappa shape index (κ3) is 5.73. The van der Waals surface area contributed by atoms with E-state index in [-0.39, 0.29) is 17.6 Å². The lowest BCUT2D eigenvalue weighted by Gasteiger charge is -2.34. The van der Waals surface area contributed by atoms with Gasteiger partial charge in [-0.15, -0.1) is 0 Å². The van der Waals surface area contributed by atoms with Crippen molar-refractivity contribution >= 4 is 29.7 Å². The van der Waals surface area contributed by atoms with Gasteiger partial charge in [0.25, 0.3) is 5.91 Å². The van der Waals surface area contributed by atoms with E-state index in [0.29, 0.717) is 49.6 Å². The molecule has 154 valence electrons. The first-order chi connectivity index (χ1) is 14.6. The largest absolute Gasteiger partial charge is 0.336 e. The second kappa shape index (κ2) is 10.3. The predicted octanol–water partition coefficient (Wildman–Crippen LogP) is 3.07. The molecule has 0 saturated carbocycles. The second-order valence-electron chi connectivity index (χ2n) is 6.96. The lowest BCUT2D eigenvalue weighted by molar-refractivity contribution is -0.127. The lowest BCUT2D eigenvalue weighted by Crippen LogP contribution is -2.50. The van der Waals surface area contributed by atoms with E-state index in [4.69, 9.17) is 0 Å². The number of piperazine rings is 1. The van der Waals surface area contributed by atoms with Crippen LogP contribution in [0.5, 0.6) is 0 Å². The Morgan fingerprint density at radius 1 is 0.833 bits per heavy atom. The maximum atomic E-state index is 12.5. The molecule has 6 nitrogen and oxygen atoms in total. The van der Waals surface area contributed by atoms with Crippen LogP contribution in [0.1, 0.15) is 35.1 Å². The van der Waals surface area contributed by atoms with E-state index in [1.165, 1.54) is 12.2 Å². The van der Waals surface area contributed by atoms with E-state index < -0.39 is 0 Å². The average Bonchev–Trinajstić information content (AvgIpc) is 2.81. The van der Waals surface area contributed by atoms with Crippen molar-refractivity contribution < 1.29 is 14.4 Å². The summed E-state index contributed by atoms with van der Waals surface area (Å²) in [6.07, 6.45) is 6.81. The molecule has 0 atom stereocenters. The molecule has 0 radical (unpaired) electrons. The number of amides is 2. The molecule has 0 aliphatic carbocycles. The van der Waals surface area contributed by atoms with Crippen LogP contribution < -0.4 is 0 Å². The van der Waals surface area contributed by atoms with Crippen LogP contribution in [0.25, 0.3) is 12.2 Å². The van der Waals surface area contributed by atoms with Gasteiger partial charge in [0.05, 0.1) is 11.4 Å². The number of nitrogens with zero attached hydrogens (tertiary/aromatic N) is 3. The summed E-state index contributed by atoms with van der Waals surface area (Å²) in [5.74, 6) is -0.0719. The topological polar surface area (TPSA) is 70.6 Å². The Morgan fingerprint density at radius 2 is 1.43 bits per heavy atom. The number of allylic oxidation sites excluding steroid dienone is 1. The van der Waals surface area contributed by atoms with Crippen LogP contribution in [0.2, 0.25) is 0 Å². The van der Waals surface area contributed by atoms with Crippen LogP contribution in [-0.4, -0.2) is 58.6 Å². The molecule has 1 aromatic carbocycles. The van der Waals surface area contributed by atoms with Gasteiger partial charge in [-0.3, -0.25) is 14.4 Å². The fourth-order valence-corrected chi connectivity index (χ4v) is 3.11. The molecule has 2 heterocycles. The number of pyridine rings is 1. The van der Waals surface area contributed by atoms with Crippen LogP contribution in [0.15, 0.2) is 60.7 Å². The van der Waals surface area contributed by atoms with E-state index in [1.54, 1.807) is 40.2 Å². The van der Waals surface area contributed by atoms with Crippen molar-refractivity contribution in [1.29, 1.82) is 0 Å². The molecule has 1 aliphatic heterocycles. The van der Waals surface area contributed by atoms with Gasteiger partial charge in [-0.05, 0) is 42.5 Å². The molecule has 30 heavy (non-hydrogen) atoms. The molecule has 0 N–H and O–H groups in total. The first-order valence-electron chi connectivity index (χ1n) is 10.1. The first-order valence-corrected chi connectivity index (χ1v) is 10.1. The van der Waals surface area contributed by atoms with Gasteiger partial charge in [0.15, 0.2) is 5.78 Å². The number of aromatic nitrogens is 1. The molecule has 0 spiro atoms. The van der Waals surface area contributed by atoms with Crippen molar-refractivity contribution in [2.75, 3.05) is 26.2 Å². The van der Waals surface area contributed by atoms with Crippen molar-refractivity contribution in [3.63, 3.8) is 0 Å². The smallest absolute Gasteiger partial charge is 0.253 e. The second-order valence-corrected chi connectivity index (χ2v) is 6.96. The number of carbonyl (C=O) groups excluding carboxylic acids is 3. The monoisotopic (exact) mass is 403 g/mol. The zero-order valence-electron chi connectivity index (χ0n) is 17.0. The summed E-state index contributed by atoms with van der Waals surface area (Å²) in [6, 6.07) is 14.6. The lowest BCUT2D eigenvalue weighted by atomic mass is 10.2. The molecule has 0 bridgehead atoms. The molecule has 2 aromatic rings. The molecule has 3 rings (SSSR count). The van der Waals surface area contributed by atoms with Gasteiger partial charge in [-0.2, -0.15) is 0 Å². The number of carbonyl (C=O) groups is 3. The Morgan fingerprint density at radius 3 is 2.07 bits per heavy atom. The Hall–Kier alpha value is -3.54. The highest BCUT2D eigenvalue weighted by molar-refractivity contribution is 5.95. The van der Waals surface area contributed by atoms with Crippen LogP contribution >= 0.6 is 0 Å². The van der Waals surface area contributed by atoms with E-state index in [1.807, 2.05) is 37.3 Å². The molecule has 1 fully saturated rings. The van der Waals surface area contributed by atoms with Crippen LogP contribution in [0, 0.1) is 0 Å². The quantitative estimate of drug-likeness (QED) is 0.695. The highest BCUT2D eigenvalue weighted by atomic mass is 16.2. The summed E-state index contributed by atoms with van der Waals surface area (Å²) < 4.78 is 0. The van der Waals surface area contributed by atoms with Crippen LogP contribution in [0.3, 0.4) is 0 Å². The molecule has 1 aromatic heterocycles. The summed E-state index contributed by atoms with van der Waals surface area (Å²) in [5.41, 5.74) is 1.98. The maximum Gasteiger partial charge on any atom is 0.253 e. The normalized spacial score (nSPS) is 14.4. The molecule has 1 saturated heterocycles. The number of hydrogen-bond acceptors (Lipinski definition) is 4.